The maximum absolute atomic E-state index is 13.0. The third-order valence-corrected chi connectivity index (χ3v) is 5.45. The SMILES string of the molecule is N#CC1=C(N)Oc2cc(O)c3c(=O)cc(-c4ccccc4)oc3c2C1c1ccc(O)cc1. The van der Waals surface area contributed by atoms with Gasteiger partial charge in [-0.1, -0.05) is 42.5 Å². The zero-order valence-electron chi connectivity index (χ0n) is 16.6. The average molecular weight is 424 g/mol. The lowest BCUT2D eigenvalue weighted by molar-refractivity contribution is 0.388. The van der Waals surface area contributed by atoms with E-state index in [1.807, 2.05) is 18.2 Å². The van der Waals surface area contributed by atoms with Crippen LogP contribution in [0.3, 0.4) is 0 Å². The van der Waals surface area contributed by atoms with Gasteiger partial charge < -0.3 is 25.1 Å². The molecule has 0 aliphatic carbocycles. The Hall–Kier alpha value is -4.70. The van der Waals surface area contributed by atoms with Crippen molar-refractivity contribution in [3.63, 3.8) is 0 Å². The highest BCUT2D eigenvalue weighted by molar-refractivity contribution is 5.91. The number of hydrogen-bond acceptors (Lipinski definition) is 7. The van der Waals surface area contributed by atoms with Crippen molar-refractivity contribution in [2.24, 2.45) is 5.73 Å². The third-order valence-electron chi connectivity index (χ3n) is 5.45. The van der Waals surface area contributed by atoms with Crippen LogP contribution < -0.4 is 15.9 Å². The molecule has 1 aliphatic rings. The number of aromatic hydroxyl groups is 2. The second-order valence-corrected chi connectivity index (χ2v) is 7.37. The Morgan fingerprint density at radius 1 is 1.00 bits per heavy atom. The number of nitrogens with two attached hydrogens (primary N) is 1. The van der Waals surface area contributed by atoms with E-state index in [1.54, 1.807) is 24.3 Å². The minimum atomic E-state index is -0.735. The first-order valence-corrected chi connectivity index (χ1v) is 9.73. The van der Waals surface area contributed by atoms with Crippen LogP contribution in [0.1, 0.15) is 17.0 Å². The molecule has 0 saturated carbocycles. The van der Waals surface area contributed by atoms with E-state index in [9.17, 15) is 20.3 Å². The highest BCUT2D eigenvalue weighted by Gasteiger charge is 2.35. The summed E-state index contributed by atoms with van der Waals surface area (Å²) < 4.78 is 11.8. The fourth-order valence-electron chi connectivity index (χ4n) is 3.99. The predicted molar refractivity (Wildman–Crippen MR) is 117 cm³/mol. The Morgan fingerprint density at radius 2 is 1.72 bits per heavy atom. The quantitative estimate of drug-likeness (QED) is 0.442. The number of phenolic OH excluding ortho intramolecular Hbond substituents is 2. The highest BCUT2D eigenvalue weighted by Crippen LogP contribution is 2.48. The minimum absolute atomic E-state index is 0.0198. The summed E-state index contributed by atoms with van der Waals surface area (Å²) in [5, 5.41) is 30.1. The van der Waals surface area contributed by atoms with Gasteiger partial charge in [0.15, 0.2) is 5.43 Å². The van der Waals surface area contributed by atoms with Gasteiger partial charge in [-0.15, -0.1) is 0 Å². The second-order valence-electron chi connectivity index (χ2n) is 7.37. The van der Waals surface area contributed by atoms with Crippen molar-refractivity contribution in [2.45, 2.75) is 5.92 Å². The van der Waals surface area contributed by atoms with Crippen LogP contribution >= 0.6 is 0 Å². The second kappa shape index (κ2) is 7.22. The van der Waals surface area contributed by atoms with Crippen LogP contribution in [-0.4, -0.2) is 10.2 Å². The third kappa shape index (κ3) is 2.94. The number of benzene rings is 3. The first-order valence-electron chi connectivity index (χ1n) is 9.73. The predicted octanol–water partition coefficient (Wildman–Crippen LogP) is 4.09. The maximum atomic E-state index is 13.0. The number of fused-ring (bicyclic) bond motifs is 3. The molecule has 4 N–H and O–H groups in total. The van der Waals surface area contributed by atoms with E-state index in [0.29, 0.717) is 22.5 Å². The molecular formula is C25H16N2O5. The summed E-state index contributed by atoms with van der Waals surface area (Å²) in [6.07, 6.45) is 0. The molecule has 0 radical (unpaired) electrons. The minimum Gasteiger partial charge on any atom is -0.508 e. The van der Waals surface area contributed by atoms with Gasteiger partial charge in [0, 0.05) is 17.7 Å². The van der Waals surface area contributed by atoms with Crippen molar-refractivity contribution in [1.82, 2.24) is 0 Å². The van der Waals surface area contributed by atoms with E-state index in [4.69, 9.17) is 14.9 Å². The first-order chi connectivity index (χ1) is 15.5. The monoisotopic (exact) mass is 424 g/mol. The van der Waals surface area contributed by atoms with Crippen LogP contribution in [0, 0.1) is 11.3 Å². The molecule has 7 heteroatoms. The number of nitriles is 1. The zero-order valence-corrected chi connectivity index (χ0v) is 16.6. The molecule has 0 fully saturated rings. The lowest BCUT2D eigenvalue weighted by Crippen LogP contribution is -2.22. The fourth-order valence-corrected chi connectivity index (χ4v) is 3.99. The molecule has 1 unspecified atom stereocenters. The van der Waals surface area contributed by atoms with Gasteiger partial charge in [0.05, 0.1) is 11.5 Å². The molecule has 0 spiro atoms. The van der Waals surface area contributed by atoms with Gasteiger partial charge in [-0.2, -0.15) is 5.26 Å². The Balaban J connectivity index is 1.88. The van der Waals surface area contributed by atoms with E-state index in [2.05, 4.69) is 6.07 Å². The van der Waals surface area contributed by atoms with Crippen LogP contribution in [0.15, 0.2) is 87.4 Å². The smallest absolute Gasteiger partial charge is 0.205 e. The largest absolute Gasteiger partial charge is 0.508 e. The molecule has 2 heterocycles. The molecular weight excluding hydrogens is 408 g/mol. The van der Waals surface area contributed by atoms with Crippen molar-refractivity contribution >= 4 is 11.0 Å². The first kappa shape index (κ1) is 19.3. The molecule has 3 aromatic carbocycles. The Labute approximate surface area is 181 Å². The van der Waals surface area contributed by atoms with Gasteiger partial charge in [0.25, 0.3) is 0 Å². The summed E-state index contributed by atoms with van der Waals surface area (Å²) in [7, 11) is 0. The molecule has 32 heavy (non-hydrogen) atoms. The summed E-state index contributed by atoms with van der Waals surface area (Å²) in [5.41, 5.74) is 7.52. The highest BCUT2D eigenvalue weighted by atomic mass is 16.5. The Morgan fingerprint density at radius 3 is 2.41 bits per heavy atom. The fraction of sp³-hybridized carbons (Fsp3) is 0.0400. The summed E-state index contributed by atoms with van der Waals surface area (Å²) in [6.45, 7) is 0. The molecule has 156 valence electrons. The van der Waals surface area contributed by atoms with Gasteiger partial charge in [0.2, 0.25) is 5.88 Å². The van der Waals surface area contributed by atoms with Crippen molar-refractivity contribution in [1.29, 1.82) is 5.26 Å². The lowest BCUT2D eigenvalue weighted by atomic mass is 9.82. The van der Waals surface area contributed by atoms with E-state index in [0.717, 1.165) is 0 Å². The molecule has 5 rings (SSSR count). The molecule has 1 aliphatic heterocycles. The van der Waals surface area contributed by atoms with Crippen molar-refractivity contribution in [3.8, 4) is 34.6 Å². The van der Waals surface area contributed by atoms with E-state index < -0.39 is 11.3 Å². The number of hydrogen-bond donors (Lipinski definition) is 3. The van der Waals surface area contributed by atoms with Crippen LogP contribution in [0.5, 0.6) is 17.2 Å². The van der Waals surface area contributed by atoms with E-state index >= 15 is 0 Å². The van der Waals surface area contributed by atoms with Crippen LogP contribution in [-0.2, 0) is 0 Å². The topological polar surface area (TPSA) is 130 Å². The number of phenols is 2. The molecule has 4 aromatic rings. The molecule has 7 nitrogen and oxygen atoms in total. The average Bonchev–Trinajstić information content (AvgIpc) is 2.79. The standard InChI is InChI=1S/C25H16N2O5/c26-12-16-21(14-6-8-15(28)9-7-14)23-20(32-25(16)27)11-18(30)22-17(29)10-19(31-24(22)23)13-4-2-1-3-5-13/h1-11,21,28,30H,27H2. The van der Waals surface area contributed by atoms with Crippen molar-refractivity contribution in [3.05, 3.63) is 99.5 Å². The lowest BCUT2D eigenvalue weighted by Gasteiger charge is -2.27. The summed E-state index contributed by atoms with van der Waals surface area (Å²) in [6, 6.07) is 20.1. The van der Waals surface area contributed by atoms with Crippen LogP contribution in [0.2, 0.25) is 0 Å². The maximum Gasteiger partial charge on any atom is 0.205 e. The zero-order chi connectivity index (χ0) is 22.4. The molecule has 0 bridgehead atoms. The van der Waals surface area contributed by atoms with Gasteiger partial charge in [-0.25, -0.2) is 0 Å². The molecule has 0 saturated heterocycles. The summed E-state index contributed by atoms with van der Waals surface area (Å²) in [5.74, 6) is -0.617. The van der Waals surface area contributed by atoms with Gasteiger partial charge in [-0.05, 0) is 17.7 Å². The van der Waals surface area contributed by atoms with Gasteiger partial charge in [-0.3, -0.25) is 4.79 Å². The van der Waals surface area contributed by atoms with Crippen molar-refractivity contribution < 1.29 is 19.4 Å². The molecule has 0 amide bonds. The van der Waals surface area contributed by atoms with Gasteiger partial charge >= 0.3 is 0 Å². The number of nitrogens with zero attached hydrogens (tertiary/aromatic N) is 1. The summed E-state index contributed by atoms with van der Waals surface area (Å²) >= 11 is 0. The van der Waals surface area contributed by atoms with Crippen LogP contribution in [0.25, 0.3) is 22.3 Å². The molecule has 1 aromatic heterocycles. The van der Waals surface area contributed by atoms with E-state index in [1.165, 1.54) is 24.3 Å². The van der Waals surface area contributed by atoms with Crippen molar-refractivity contribution in [2.75, 3.05) is 0 Å². The molecule has 1 atom stereocenters. The normalized spacial score (nSPS) is 15.2. The number of rotatable bonds is 2. The summed E-state index contributed by atoms with van der Waals surface area (Å²) in [4.78, 5) is 13.0. The number of allylic oxidation sites excluding steroid dienone is 1. The van der Waals surface area contributed by atoms with E-state index in [-0.39, 0.29) is 39.7 Å². The van der Waals surface area contributed by atoms with Crippen LogP contribution in [0.4, 0.5) is 0 Å². The Kier molecular flexibility index (Phi) is 4.35. The number of ether oxygens (including phenoxy) is 1. The van der Waals surface area contributed by atoms with Gasteiger partial charge in [0.1, 0.15) is 45.6 Å². The Bertz CT molecular complexity index is 1500.